The average molecular weight is 333 g/mol. The van der Waals surface area contributed by atoms with Crippen LogP contribution in [0.2, 0.25) is 0 Å². The third kappa shape index (κ3) is 2.36. The van der Waals surface area contributed by atoms with E-state index in [2.05, 4.69) is 27.7 Å². The molecule has 0 bridgehead atoms. The molecule has 4 rings (SSSR count). The molecule has 1 heteroatoms. The summed E-state index contributed by atoms with van der Waals surface area (Å²) in [6.45, 7) is 10.2. The summed E-state index contributed by atoms with van der Waals surface area (Å²) in [5, 5.41) is 10.2. The molecule has 4 aliphatic carbocycles. The van der Waals surface area contributed by atoms with Crippen LogP contribution < -0.4 is 0 Å². The lowest BCUT2D eigenvalue weighted by atomic mass is 9.44. The first-order chi connectivity index (χ1) is 11.4. The van der Waals surface area contributed by atoms with Crippen molar-refractivity contribution in [1.29, 1.82) is 0 Å². The van der Waals surface area contributed by atoms with Crippen molar-refractivity contribution in [3.8, 4) is 0 Å². The Morgan fingerprint density at radius 3 is 2.38 bits per heavy atom. The summed E-state index contributed by atoms with van der Waals surface area (Å²) in [4.78, 5) is 0. The van der Waals surface area contributed by atoms with E-state index in [9.17, 15) is 5.11 Å². The topological polar surface area (TPSA) is 20.2 Å². The van der Waals surface area contributed by atoms with E-state index in [1.807, 2.05) is 0 Å². The Balaban J connectivity index is 1.59. The van der Waals surface area contributed by atoms with E-state index in [0.29, 0.717) is 10.8 Å². The van der Waals surface area contributed by atoms with Crippen molar-refractivity contribution in [2.45, 2.75) is 98.0 Å². The second-order valence-corrected chi connectivity index (χ2v) is 10.7. The average Bonchev–Trinajstić information content (AvgIpc) is 2.92. The van der Waals surface area contributed by atoms with Gasteiger partial charge in [-0.15, -0.1) is 0 Å². The summed E-state index contributed by atoms with van der Waals surface area (Å²) in [5.74, 6) is 5.64. The van der Waals surface area contributed by atoms with E-state index in [-0.39, 0.29) is 6.10 Å². The van der Waals surface area contributed by atoms with Crippen LogP contribution >= 0.6 is 0 Å². The van der Waals surface area contributed by atoms with Crippen LogP contribution in [0.1, 0.15) is 91.9 Å². The number of rotatable bonds is 2. The van der Waals surface area contributed by atoms with E-state index in [0.717, 1.165) is 48.3 Å². The molecule has 0 heterocycles. The van der Waals surface area contributed by atoms with Gasteiger partial charge in [-0.2, -0.15) is 0 Å². The molecule has 0 amide bonds. The molecule has 1 nitrogen and oxygen atoms in total. The Hall–Kier alpha value is -0.0400. The second-order valence-electron chi connectivity index (χ2n) is 10.7. The first kappa shape index (κ1) is 17.4. The summed E-state index contributed by atoms with van der Waals surface area (Å²) in [6, 6.07) is 0. The molecule has 4 saturated carbocycles. The Morgan fingerprint density at radius 2 is 1.62 bits per heavy atom. The highest BCUT2D eigenvalue weighted by atomic mass is 16.3. The van der Waals surface area contributed by atoms with Crippen LogP contribution in [0.15, 0.2) is 0 Å². The standard InChI is InChI=1S/C23H40O/c1-5-15(2)19-8-9-20-18-7-6-16-14-17(24)10-12-22(16,3)21(18)11-13-23(19,20)4/h15-21,24H,5-14H2,1-4H3/t15?,16?,17-,18?,19+,20?,21?,22-,23+/m0/s1. The molecule has 138 valence electrons. The molecule has 0 saturated heterocycles. The summed E-state index contributed by atoms with van der Waals surface area (Å²) in [7, 11) is 0. The highest BCUT2D eigenvalue weighted by molar-refractivity contribution is 5.09. The van der Waals surface area contributed by atoms with Gasteiger partial charge in [-0.1, -0.05) is 34.1 Å². The molecular weight excluding hydrogens is 292 g/mol. The van der Waals surface area contributed by atoms with Crippen LogP contribution in [0.25, 0.3) is 0 Å². The Labute approximate surface area is 150 Å². The smallest absolute Gasteiger partial charge is 0.0543 e. The van der Waals surface area contributed by atoms with Crippen molar-refractivity contribution in [3.63, 3.8) is 0 Å². The van der Waals surface area contributed by atoms with E-state index in [4.69, 9.17) is 0 Å². The molecule has 4 aliphatic rings. The van der Waals surface area contributed by atoms with Crippen LogP contribution in [-0.2, 0) is 0 Å². The zero-order chi connectivity index (χ0) is 17.1. The lowest BCUT2D eigenvalue weighted by molar-refractivity contribution is -0.129. The lowest BCUT2D eigenvalue weighted by Gasteiger charge is -2.61. The third-order valence-corrected chi connectivity index (χ3v) is 10.0. The first-order valence-corrected chi connectivity index (χ1v) is 11.1. The predicted molar refractivity (Wildman–Crippen MR) is 101 cm³/mol. The fraction of sp³-hybridized carbons (Fsp3) is 1.00. The molecule has 0 aromatic carbocycles. The maximum absolute atomic E-state index is 10.2. The van der Waals surface area contributed by atoms with E-state index >= 15 is 0 Å². The second kappa shape index (κ2) is 6.00. The number of hydrogen-bond acceptors (Lipinski definition) is 1. The molecule has 24 heavy (non-hydrogen) atoms. The van der Waals surface area contributed by atoms with Crippen molar-refractivity contribution >= 4 is 0 Å². The minimum Gasteiger partial charge on any atom is -0.393 e. The molecule has 1 N–H and O–H groups in total. The van der Waals surface area contributed by atoms with E-state index < -0.39 is 0 Å². The van der Waals surface area contributed by atoms with Gasteiger partial charge >= 0.3 is 0 Å². The van der Waals surface area contributed by atoms with E-state index in [1.165, 1.54) is 51.4 Å². The van der Waals surface area contributed by atoms with Crippen molar-refractivity contribution in [3.05, 3.63) is 0 Å². The Morgan fingerprint density at radius 1 is 0.917 bits per heavy atom. The fourth-order valence-corrected chi connectivity index (χ4v) is 8.50. The van der Waals surface area contributed by atoms with Crippen molar-refractivity contribution < 1.29 is 5.11 Å². The van der Waals surface area contributed by atoms with Gasteiger partial charge in [0.15, 0.2) is 0 Å². The minimum atomic E-state index is -0.00486. The van der Waals surface area contributed by atoms with Crippen LogP contribution in [0.5, 0.6) is 0 Å². The van der Waals surface area contributed by atoms with Crippen molar-refractivity contribution in [2.75, 3.05) is 0 Å². The number of aliphatic hydroxyl groups is 1. The number of hydrogen-bond donors (Lipinski definition) is 1. The molecule has 0 radical (unpaired) electrons. The van der Waals surface area contributed by atoms with E-state index in [1.54, 1.807) is 0 Å². The highest BCUT2D eigenvalue weighted by Crippen LogP contribution is 2.68. The van der Waals surface area contributed by atoms with Crippen LogP contribution in [0.3, 0.4) is 0 Å². The minimum absolute atomic E-state index is 0.00486. The monoisotopic (exact) mass is 332 g/mol. The van der Waals surface area contributed by atoms with Gasteiger partial charge in [0.1, 0.15) is 0 Å². The molecule has 9 atom stereocenters. The van der Waals surface area contributed by atoms with Crippen LogP contribution in [-0.4, -0.2) is 11.2 Å². The van der Waals surface area contributed by atoms with Crippen molar-refractivity contribution in [2.24, 2.45) is 46.3 Å². The summed E-state index contributed by atoms with van der Waals surface area (Å²) in [6.07, 6.45) is 13.6. The van der Waals surface area contributed by atoms with Gasteiger partial charge in [0.05, 0.1) is 6.10 Å². The third-order valence-electron chi connectivity index (χ3n) is 10.0. The summed E-state index contributed by atoms with van der Waals surface area (Å²) < 4.78 is 0. The Kier molecular flexibility index (Phi) is 4.34. The zero-order valence-electron chi connectivity index (χ0n) is 16.6. The van der Waals surface area contributed by atoms with Gasteiger partial charge in [-0.25, -0.2) is 0 Å². The highest BCUT2D eigenvalue weighted by Gasteiger charge is 2.60. The SMILES string of the molecule is CCC(C)[C@H]1CCC2C3CCC4C[C@@H](O)CC[C@]4(C)C3CC[C@@]21C. The number of aliphatic hydroxyl groups excluding tert-OH is 1. The largest absolute Gasteiger partial charge is 0.393 e. The summed E-state index contributed by atoms with van der Waals surface area (Å²) >= 11 is 0. The predicted octanol–water partition coefficient (Wildman–Crippen LogP) is 6.05. The zero-order valence-corrected chi connectivity index (χ0v) is 16.6. The molecule has 5 unspecified atom stereocenters. The lowest BCUT2D eigenvalue weighted by Crippen LogP contribution is -2.54. The molecule has 0 spiro atoms. The fourth-order valence-electron chi connectivity index (χ4n) is 8.50. The first-order valence-electron chi connectivity index (χ1n) is 11.1. The Bertz CT molecular complexity index is 473. The van der Waals surface area contributed by atoms with Gasteiger partial charge in [0, 0.05) is 0 Å². The normalized spacial score (nSPS) is 55.4. The van der Waals surface area contributed by atoms with Gasteiger partial charge in [0.25, 0.3) is 0 Å². The molecule has 0 aromatic rings. The van der Waals surface area contributed by atoms with Crippen LogP contribution in [0.4, 0.5) is 0 Å². The molecule has 0 aromatic heterocycles. The summed E-state index contributed by atoms with van der Waals surface area (Å²) in [5.41, 5.74) is 1.17. The van der Waals surface area contributed by atoms with Crippen molar-refractivity contribution in [1.82, 2.24) is 0 Å². The van der Waals surface area contributed by atoms with Gasteiger partial charge < -0.3 is 5.11 Å². The number of fused-ring (bicyclic) bond motifs is 5. The molecular formula is C23H40O. The molecule has 4 fully saturated rings. The molecule has 0 aliphatic heterocycles. The van der Waals surface area contributed by atoms with Gasteiger partial charge in [-0.05, 0) is 104 Å². The maximum atomic E-state index is 10.2. The quantitative estimate of drug-likeness (QED) is 0.652. The van der Waals surface area contributed by atoms with Crippen LogP contribution in [0, 0.1) is 46.3 Å². The maximum Gasteiger partial charge on any atom is 0.0543 e. The van der Waals surface area contributed by atoms with Gasteiger partial charge in [-0.3, -0.25) is 0 Å². The van der Waals surface area contributed by atoms with Gasteiger partial charge in [0.2, 0.25) is 0 Å².